The van der Waals surface area contributed by atoms with Crippen molar-refractivity contribution in [3.63, 3.8) is 0 Å². The lowest BCUT2D eigenvalue weighted by Gasteiger charge is -2.01. The highest BCUT2D eigenvalue weighted by Gasteiger charge is 2.06. The molecule has 0 bridgehead atoms. The number of aromatic nitrogens is 1. The van der Waals surface area contributed by atoms with Gasteiger partial charge in [0.15, 0.2) is 0 Å². The molecule has 3 nitrogen and oxygen atoms in total. The van der Waals surface area contributed by atoms with Gasteiger partial charge in [-0.2, -0.15) is 5.26 Å². The maximum absolute atomic E-state index is 11.4. The summed E-state index contributed by atoms with van der Waals surface area (Å²) >= 11 is 0. The molecule has 2 aromatic rings. The van der Waals surface area contributed by atoms with Crippen LogP contribution in [0.4, 0.5) is 0 Å². The summed E-state index contributed by atoms with van der Waals surface area (Å²) in [4.78, 5) is 13.8. The second kappa shape index (κ2) is 3.81. The topological polar surface area (TPSA) is 56.6 Å². The molecule has 0 saturated heterocycles. The van der Waals surface area contributed by atoms with Crippen molar-refractivity contribution >= 4 is 0 Å². The Morgan fingerprint density at radius 1 is 1.13 bits per heavy atom. The number of hydrogen-bond donors (Lipinski definition) is 1. The molecule has 0 spiro atoms. The Bertz CT molecular complexity index is 564. The minimum Gasteiger partial charge on any atom is -0.328 e. The summed E-state index contributed by atoms with van der Waals surface area (Å²) in [5.41, 5.74) is 1.35. The van der Waals surface area contributed by atoms with Crippen molar-refractivity contribution in [1.29, 1.82) is 5.26 Å². The van der Waals surface area contributed by atoms with Crippen LogP contribution in [0.25, 0.3) is 11.1 Å². The zero-order chi connectivity index (χ0) is 10.7. The lowest BCUT2D eigenvalue weighted by molar-refractivity contribution is 1.22. The van der Waals surface area contributed by atoms with Crippen molar-refractivity contribution in [1.82, 2.24) is 4.98 Å². The third-order valence-corrected chi connectivity index (χ3v) is 2.16. The van der Waals surface area contributed by atoms with Crippen LogP contribution < -0.4 is 5.56 Å². The van der Waals surface area contributed by atoms with Crippen molar-refractivity contribution in [3.05, 3.63) is 58.5 Å². The summed E-state index contributed by atoms with van der Waals surface area (Å²) in [6.45, 7) is 0. The predicted molar refractivity (Wildman–Crippen MR) is 57.2 cm³/mol. The number of rotatable bonds is 1. The van der Waals surface area contributed by atoms with Crippen LogP contribution in [-0.2, 0) is 0 Å². The highest BCUT2D eigenvalue weighted by atomic mass is 16.1. The smallest absolute Gasteiger partial charge is 0.266 e. The third kappa shape index (κ3) is 1.65. The minimum absolute atomic E-state index is 0.156. The average Bonchev–Trinajstić information content (AvgIpc) is 2.30. The van der Waals surface area contributed by atoms with Crippen molar-refractivity contribution < 1.29 is 0 Å². The molecule has 0 atom stereocenters. The maximum Gasteiger partial charge on any atom is 0.266 e. The van der Waals surface area contributed by atoms with Crippen LogP contribution in [0.1, 0.15) is 5.56 Å². The van der Waals surface area contributed by atoms with Crippen LogP contribution in [0, 0.1) is 11.3 Å². The fraction of sp³-hybridized carbons (Fsp3) is 0. The molecule has 1 aromatic heterocycles. The van der Waals surface area contributed by atoms with E-state index < -0.39 is 0 Å². The van der Waals surface area contributed by atoms with E-state index in [1.165, 1.54) is 0 Å². The van der Waals surface area contributed by atoms with Gasteiger partial charge in [-0.3, -0.25) is 4.79 Å². The molecule has 72 valence electrons. The number of nitrogens with one attached hydrogen (secondary N) is 1. The Morgan fingerprint density at radius 3 is 2.53 bits per heavy atom. The van der Waals surface area contributed by atoms with Crippen molar-refractivity contribution in [2.24, 2.45) is 0 Å². The number of benzene rings is 1. The zero-order valence-electron chi connectivity index (χ0n) is 7.90. The predicted octanol–water partition coefficient (Wildman–Crippen LogP) is 1.91. The number of nitriles is 1. The lowest BCUT2D eigenvalue weighted by atomic mass is 10.0. The molecular formula is C12H8N2O. The molecule has 0 aliphatic heterocycles. The summed E-state index contributed by atoms with van der Waals surface area (Å²) in [7, 11) is 0. The molecule has 1 aromatic carbocycles. The van der Waals surface area contributed by atoms with Gasteiger partial charge in [0.1, 0.15) is 11.6 Å². The van der Waals surface area contributed by atoms with Gasteiger partial charge in [0.25, 0.3) is 5.56 Å². The molecule has 0 fully saturated rings. The molecule has 0 aliphatic carbocycles. The zero-order valence-corrected chi connectivity index (χ0v) is 7.90. The van der Waals surface area contributed by atoms with E-state index >= 15 is 0 Å². The van der Waals surface area contributed by atoms with Gasteiger partial charge in [-0.05, 0) is 11.6 Å². The highest BCUT2D eigenvalue weighted by molar-refractivity contribution is 5.69. The molecule has 3 heteroatoms. The quantitative estimate of drug-likeness (QED) is 0.757. The highest BCUT2D eigenvalue weighted by Crippen LogP contribution is 2.19. The summed E-state index contributed by atoms with van der Waals surface area (Å²) in [5.74, 6) is 0. The van der Waals surface area contributed by atoms with E-state index in [0.29, 0.717) is 5.56 Å². The second-order valence-electron chi connectivity index (χ2n) is 3.07. The first kappa shape index (κ1) is 9.22. The molecule has 0 saturated carbocycles. The Balaban J connectivity index is 2.70. The lowest BCUT2D eigenvalue weighted by Crippen LogP contribution is -2.10. The van der Waals surface area contributed by atoms with E-state index in [2.05, 4.69) is 4.98 Å². The molecule has 0 amide bonds. The third-order valence-electron chi connectivity index (χ3n) is 2.16. The number of nitrogens with zero attached hydrogens (tertiary/aromatic N) is 1. The molecular weight excluding hydrogens is 188 g/mol. The normalized spacial score (nSPS) is 9.53. The number of hydrogen-bond acceptors (Lipinski definition) is 2. The first-order chi connectivity index (χ1) is 7.33. The van der Waals surface area contributed by atoms with Gasteiger partial charge in [-0.25, -0.2) is 0 Å². The van der Waals surface area contributed by atoms with Gasteiger partial charge in [0.2, 0.25) is 0 Å². The Hall–Kier alpha value is -2.34. The minimum atomic E-state index is -0.348. The van der Waals surface area contributed by atoms with E-state index in [9.17, 15) is 4.79 Å². The van der Waals surface area contributed by atoms with Gasteiger partial charge in [-0.1, -0.05) is 30.3 Å². The van der Waals surface area contributed by atoms with Gasteiger partial charge in [0, 0.05) is 11.8 Å². The van der Waals surface area contributed by atoms with E-state index in [0.717, 1.165) is 5.56 Å². The fourth-order valence-corrected chi connectivity index (χ4v) is 1.45. The van der Waals surface area contributed by atoms with Crippen molar-refractivity contribution in [2.75, 3.05) is 0 Å². The van der Waals surface area contributed by atoms with Gasteiger partial charge in [0.05, 0.1) is 0 Å². The van der Waals surface area contributed by atoms with E-state index in [-0.39, 0.29) is 11.1 Å². The number of aromatic amines is 1. The van der Waals surface area contributed by atoms with Crippen LogP contribution >= 0.6 is 0 Å². The van der Waals surface area contributed by atoms with Crippen LogP contribution in [-0.4, -0.2) is 4.98 Å². The first-order valence-electron chi connectivity index (χ1n) is 4.50. The average molecular weight is 196 g/mol. The first-order valence-corrected chi connectivity index (χ1v) is 4.50. The largest absolute Gasteiger partial charge is 0.328 e. The SMILES string of the molecule is N#Cc1c(-c2ccccc2)cc[nH]c1=O. The van der Waals surface area contributed by atoms with Crippen molar-refractivity contribution in [2.45, 2.75) is 0 Å². The Morgan fingerprint density at radius 2 is 1.87 bits per heavy atom. The molecule has 0 aliphatic rings. The van der Waals surface area contributed by atoms with E-state index in [1.807, 2.05) is 36.4 Å². The number of H-pyrrole nitrogens is 1. The molecule has 15 heavy (non-hydrogen) atoms. The van der Waals surface area contributed by atoms with E-state index in [4.69, 9.17) is 5.26 Å². The maximum atomic E-state index is 11.4. The molecule has 0 unspecified atom stereocenters. The standard InChI is InChI=1S/C12H8N2O/c13-8-11-10(6-7-14-12(11)15)9-4-2-1-3-5-9/h1-7H,(H,14,15). The number of pyridine rings is 1. The second-order valence-corrected chi connectivity index (χ2v) is 3.07. The summed E-state index contributed by atoms with van der Waals surface area (Å²) in [6, 6.07) is 13.0. The molecule has 1 heterocycles. The molecule has 0 radical (unpaired) electrons. The summed E-state index contributed by atoms with van der Waals surface area (Å²) in [5, 5.41) is 8.89. The van der Waals surface area contributed by atoms with Gasteiger partial charge < -0.3 is 4.98 Å². The molecule has 2 rings (SSSR count). The summed E-state index contributed by atoms with van der Waals surface area (Å²) < 4.78 is 0. The van der Waals surface area contributed by atoms with Crippen LogP contribution in [0.3, 0.4) is 0 Å². The monoisotopic (exact) mass is 196 g/mol. The summed E-state index contributed by atoms with van der Waals surface area (Å²) in [6.07, 6.45) is 1.55. The van der Waals surface area contributed by atoms with Gasteiger partial charge >= 0.3 is 0 Å². The van der Waals surface area contributed by atoms with Crippen LogP contribution in [0.5, 0.6) is 0 Å². The van der Waals surface area contributed by atoms with Gasteiger partial charge in [-0.15, -0.1) is 0 Å². The van der Waals surface area contributed by atoms with Crippen LogP contribution in [0.2, 0.25) is 0 Å². The van der Waals surface area contributed by atoms with E-state index in [1.54, 1.807) is 12.3 Å². The molecule has 1 N–H and O–H groups in total. The van der Waals surface area contributed by atoms with Crippen molar-refractivity contribution in [3.8, 4) is 17.2 Å². The Kier molecular flexibility index (Phi) is 2.34. The van der Waals surface area contributed by atoms with Crippen LogP contribution in [0.15, 0.2) is 47.4 Å². The fourth-order valence-electron chi connectivity index (χ4n) is 1.45. The Labute approximate surface area is 86.6 Å².